The van der Waals surface area contributed by atoms with Gasteiger partial charge in [-0.1, -0.05) is 12.1 Å². The summed E-state index contributed by atoms with van der Waals surface area (Å²) >= 11 is 0. The van der Waals surface area contributed by atoms with Gasteiger partial charge in [0.1, 0.15) is 18.5 Å². The molecule has 0 saturated carbocycles. The molecule has 1 aromatic rings. The molecular weight excluding hydrogens is 294 g/mol. The van der Waals surface area contributed by atoms with Crippen LogP contribution in [0.25, 0.3) is 0 Å². The predicted octanol–water partition coefficient (Wildman–Crippen LogP) is 0.414. The van der Waals surface area contributed by atoms with Crippen LogP contribution in [-0.4, -0.2) is 68.7 Å². The molecule has 1 aliphatic rings. The van der Waals surface area contributed by atoms with Crippen molar-refractivity contribution < 1.29 is 14.6 Å². The number of aliphatic hydroxyl groups is 1. The molecule has 1 aliphatic heterocycles. The number of nitrogens with zero attached hydrogens (tertiary/aromatic N) is 2. The predicted molar refractivity (Wildman–Crippen MR) is 87.4 cm³/mol. The van der Waals surface area contributed by atoms with Crippen molar-refractivity contribution in [3.8, 4) is 11.8 Å². The molecule has 1 aromatic carbocycles. The summed E-state index contributed by atoms with van der Waals surface area (Å²) in [6.45, 7) is 6.16. The van der Waals surface area contributed by atoms with Crippen LogP contribution in [0.1, 0.15) is 5.56 Å². The summed E-state index contributed by atoms with van der Waals surface area (Å²) in [6.07, 6.45) is -0.144. The van der Waals surface area contributed by atoms with Gasteiger partial charge in [0.25, 0.3) is 0 Å². The molecule has 0 amide bonds. The number of hydrogen-bond acceptors (Lipinski definition) is 6. The number of nitriles is 1. The topological polar surface area (TPSA) is 77.8 Å². The van der Waals surface area contributed by atoms with Crippen LogP contribution < -0.4 is 10.1 Å². The van der Waals surface area contributed by atoms with Gasteiger partial charge in [-0.3, -0.25) is 4.90 Å². The summed E-state index contributed by atoms with van der Waals surface area (Å²) in [4.78, 5) is 2.35. The first-order valence-electron chi connectivity index (χ1n) is 8.05. The Morgan fingerprint density at radius 3 is 2.74 bits per heavy atom. The molecule has 1 heterocycles. The normalized spacial score (nSPS) is 16.7. The number of morpholine rings is 1. The van der Waals surface area contributed by atoms with E-state index in [0.717, 1.165) is 45.0 Å². The highest BCUT2D eigenvalue weighted by atomic mass is 16.5. The first-order valence-corrected chi connectivity index (χ1v) is 8.05. The van der Waals surface area contributed by atoms with Crippen molar-refractivity contribution >= 4 is 0 Å². The van der Waals surface area contributed by atoms with Crippen molar-refractivity contribution in [3.63, 3.8) is 0 Å². The minimum Gasteiger partial charge on any atom is -0.491 e. The number of rotatable bonds is 9. The third-order valence-corrected chi connectivity index (χ3v) is 3.74. The number of hydrogen-bond donors (Lipinski definition) is 2. The fourth-order valence-corrected chi connectivity index (χ4v) is 2.38. The highest BCUT2D eigenvalue weighted by molar-refractivity contribution is 5.28. The molecule has 1 atom stereocenters. The Morgan fingerprint density at radius 1 is 1.30 bits per heavy atom. The summed E-state index contributed by atoms with van der Waals surface area (Å²) in [7, 11) is 0. The average molecular weight is 319 g/mol. The smallest absolute Gasteiger partial charge is 0.119 e. The van der Waals surface area contributed by atoms with Crippen molar-refractivity contribution in [1.29, 1.82) is 5.26 Å². The van der Waals surface area contributed by atoms with E-state index in [1.807, 2.05) is 24.3 Å². The van der Waals surface area contributed by atoms with Crippen molar-refractivity contribution in [3.05, 3.63) is 29.8 Å². The molecule has 126 valence electrons. The minimum atomic E-state index is -0.543. The van der Waals surface area contributed by atoms with Crippen LogP contribution >= 0.6 is 0 Å². The summed E-state index contributed by atoms with van der Waals surface area (Å²) in [5.41, 5.74) is 0.963. The third-order valence-electron chi connectivity index (χ3n) is 3.74. The van der Waals surface area contributed by atoms with Gasteiger partial charge in [0.15, 0.2) is 0 Å². The van der Waals surface area contributed by atoms with Gasteiger partial charge in [0.05, 0.1) is 25.7 Å². The monoisotopic (exact) mass is 319 g/mol. The zero-order valence-corrected chi connectivity index (χ0v) is 13.4. The largest absolute Gasteiger partial charge is 0.491 e. The average Bonchev–Trinajstić information content (AvgIpc) is 2.59. The Balaban J connectivity index is 1.55. The molecule has 2 rings (SSSR count). The van der Waals surface area contributed by atoms with Gasteiger partial charge < -0.3 is 19.9 Å². The number of ether oxygens (including phenoxy) is 2. The molecule has 23 heavy (non-hydrogen) atoms. The van der Waals surface area contributed by atoms with Crippen LogP contribution in [-0.2, 0) is 11.2 Å². The highest BCUT2D eigenvalue weighted by Gasteiger charge is 2.10. The molecule has 6 nitrogen and oxygen atoms in total. The van der Waals surface area contributed by atoms with E-state index < -0.39 is 6.10 Å². The molecule has 6 heteroatoms. The molecule has 1 fully saturated rings. The molecule has 0 unspecified atom stereocenters. The fraction of sp³-hybridized carbons (Fsp3) is 0.588. The van der Waals surface area contributed by atoms with E-state index in [9.17, 15) is 5.11 Å². The van der Waals surface area contributed by atoms with Crippen molar-refractivity contribution in [2.24, 2.45) is 0 Å². The summed E-state index contributed by atoms with van der Waals surface area (Å²) in [5, 5.41) is 21.8. The molecular formula is C17H25N3O3. The van der Waals surface area contributed by atoms with E-state index in [2.05, 4.69) is 16.3 Å². The quantitative estimate of drug-likeness (QED) is 0.642. The van der Waals surface area contributed by atoms with Gasteiger partial charge in [-0.2, -0.15) is 5.26 Å². The Hall–Kier alpha value is -1.65. The van der Waals surface area contributed by atoms with Gasteiger partial charge in [-0.05, 0) is 17.7 Å². The van der Waals surface area contributed by atoms with Crippen LogP contribution in [0.15, 0.2) is 24.3 Å². The number of nitrogens with one attached hydrogen (secondary N) is 1. The van der Waals surface area contributed by atoms with E-state index in [-0.39, 0.29) is 6.61 Å². The van der Waals surface area contributed by atoms with E-state index in [1.165, 1.54) is 0 Å². The SMILES string of the molecule is N#CCc1ccc(OC[C@H](O)CNCCN2CCOCC2)cc1. The molecule has 0 aliphatic carbocycles. The van der Waals surface area contributed by atoms with Gasteiger partial charge in [-0.15, -0.1) is 0 Å². The molecule has 2 N–H and O–H groups in total. The zero-order chi connectivity index (χ0) is 16.3. The van der Waals surface area contributed by atoms with Crippen molar-refractivity contribution in [2.75, 3.05) is 52.5 Å². The van der Waals surface area contributed by atoms with Gasteiger partial charge >= 0.3 is 0 Å². The first-order chi connectivity index (χ1) is 11.3. The van der Waals surface area contributed by atoms with Crippen molar-refractivity contribution in [2.45, 2.75) is 12.5 Å². The molecule has 0 spiro atoms. The first kappa shape index (κ1) is 17.7. The minimum absolute atomic E-state index is 0.252. The van der Waals surface area contributed by atoms with Crippen molar-refractivity contribution in [1.82, 2.24) is 10.2 Å². The van der Waals surface area contributed by atoms with Crippen LogP contribution in [0.3, 0.4) is 0 Å². The third kappa shape index (κ3) is 6.97. The second-order valence-electron chi connectivity index (χ2n) is 5.60. The van der Waals surface area contributed by atoms with Gasteiger partial charge in [0.2, 0.25) is 0 Å². The van der Waals surface area contributed by atoms with E-state index >= 15 is 0 Å². The van der Waals surface area contributed by atoms with Crippen LogP contribution in [0, 0.1) is 11.3 Å². The Morgan fingerprint density at radius 2 is 2.04 bits per heavy atom. The Kier molecular flexibility index (Phi) is 7.84. The van der Waals surface area contributed by atoms with E-state index in [4.69, 9.17) is 14.7 Å². The number of benzene rings is 1. The van der Waals surface area contributed by atoms with Crippen LogP contribution in [0.5, 0.6) is 5.75 Å². The van der Waals surface area contributed by atoms with Crippen LogP contribution in [0.2, 0.25) is 0 Å². The molecule has 0 radical (unpaired) electrons. The second kappa shape index (κ2) is 10.2. The lowest BCUT2D eigenvalue weighted by molar-refractivity contribution is 0.0376. The Labute approximate surface area is 137 Å². The molecule has 0 aromatic heterocycles. The molecule has 1 saturated heterocycles. The van der Waals surface area contributed by atoms with E-state index in [1.54, 1.807) is 0 Å². The highest BCUT2D eigenvalue weighted by Crippen LogP contribution is 2.12. The lowest BCUT2D eigenvalue weighted by Gasteiger charge is -2.26. The zero-order valence-electron chi connectivity index (χ0n) is 13.4. The summed E-state index contributed by atoms with van der Waals surface area (Å²) < 4.78 is 10.9. The fourth-order valence-electron chi connectivity index (χ4n) is 2.38. The maximum absolute atomic E-state index is 9.92. The second-order valence-corrected chi connectivity index (χ2v) is 5.60. The Bertz CT molecular complexity index is 481. The lowest BCUT2D eigenvalue weighted by atomic mass is 10.2. The maximum atomic E-state index is 9.92. The van der Waals surface area contributed by atoms with Gasteiger partial charge in [0, 0.05) is 32.7 Å². The standard InChI is InChI=1S/C17H25N3O3/c18-6-5-15-1-3-17(4-2-15)23-14-16(21)13-19-7-8-20-9-11-22-12-10-20/h1-4,16,19,21H,5,7-14H2/t16-/m1/s1. The lowest BCUT2D eigenvalue weighted by Crippen LogP contribution is -2.41. The summed E-state index contributed by atoms with van der Waals surface area (Å²) in [5.74, 6) is 0.707. The molecule has 0 bridgehead atoms. The van der Waals surface area contributed by atoms with Gasteiger partial charge in [-0.25, -0.2) is 0 Å². The van der Waals surface area contributed by atoms with E-state index in [0.29, 0.717) is 18.7 Å². The maximum Gasteiger partial charge on any atom is 0.119 e. The number of aliphatic hydroxyl groups excluding tert-OH is 1. The summed E-state index contributed by atoms with van der Waals surface area (Å²) in [6, 6.07) is 9.49. The van der Waals surface area contributed by atoms with Crippen LogP contribution in [0.4, 0.5) is 0 Å².